The molecule has 0 fully saturated rings. The number of nitrogens with one attached hydrogen (secondary N) is 2. The van der Waals surface area contributed by atoms with Crippen LogP contribution in [-0.2, 0) is 4.79 Å². The Labute approximate surface area is 148 Å². The van der Waals surface area contributed by atoms with E-state index in [1.165, 1.54) is 18.0 Å². The number of hydrogen-bond acceptors (Lipinski definition) is 5. The van der Waals surface area contributed by atoms with E-state index in [0.717, 1.165) is 12.1 Å². The number of aromatic amines is 1. The largest absolute Gasteiger partial charge is 0.353 e. The zero-order chi connectivity index (χ0) is 17.8. The molecule has 0 aliphatic heterocycles. The third-order valence-corrected chi connectivity index (χ3v) is 4.65. The second-order valence-corrected chi connectivity index (χ2v) is 6.63. The predicted molar refractivity (Wildman–Crippen MR) is 98.1 cm³/mol. The van der Waals surface area contributed by atoms with Gasteiger partial charge in [0.2, 0.25) is 5.91 Å². The van der Waals surface area contributed by atoms with E-state index in [1.807, 2.05) is 44.2 Å². The quantitative estimate of drug-likeness (QED) is 0.521. The summed E-state index contributed by atoms with van der Waals surface area (Å²) < 4.78 is 1.62. The van der Waals surface area contributed by atoms with E-state index in [1.54, 1.807) is 4.68 Å². The number of H-pyrrole nitrogens is 1. The van der Waals surface area contributed by atoms with Crippen molar-refractivity contribution in [3.63, 3.8) is 0 Å². The molecule has 8 heteroatoms. The minimum Gasteiger partial charge on any atom is -0.353 e. The van der Waals surface area contributed by atoms with E-state index in [-0.39, 0.29) is 23.3 Å². The lowest BCUT2D eigenvalue weighted by atomic mass is 10.3. The molecule has 2 aromatic heterocycles. The molecular weight excluding hydrogens is 338 g/mol. The second-order valence-electron chi connectivity index (χ2n) is 5.67. The van der Waals surface area contributed by atoms with Crippen LogP contribution in [0.15, 0.2) is 46.5 Å². The maximum atomic E-state index is 12.3. The molecule has 7 nitrogen and oxygen atoms in total. The van der Waals surface area contributed by atoms with Crippen molar-refractivity contribution in [2.45, 2.75) is 31.5 Å². The smallest absolute Gasteiger partial charge is 0.262 e. The summed E-state index contributed by atoms with van der Waals surface area (Å²) in [6.45, 7) is 3.96. The Hall–Kier alpha value is -2.61. The average Bonchev–Trinajstić information content (AvgIpc) is 3.05. The summed E-state index contributed by atoms with van der Waals surface area (Å²) in [6.07, 6.45) is 2.37. The number of carbonyl (C=O) groups is 1. The van der Waals surface area contributed by atoms with Crippen LogP contribution in [-0.4, -0.2) is 37.5 Å². The van der Waals surface area contributed by atoms with E-state index >= 15 is 0 Å². The van der Waals surface area contributed by atoms with Crippen LogP contribution in [0.5, 0.6) is 0 Å². The second kappa shape index (κ2) is 7.52. The van der Waals surface area contributed by atoms with Gasteiger partial charge < -0.3 is 10.3 Å². The first-order valence-corrected chi connectivity index (χ1v) is 9.02. The van der Waals surface area contributed by atoms with Gasteiger partial charge in [0.25, 0.3) is 5.56 Å². The molecule has 3 rings (SSSR count). The minimum atomic E-state index is -0.267. The summed E-state index contributed by atoms with van der Waals surface area (Å²) in [7, 11) is 0. The van der Waals surface area contributed by atoms with Gasteiger partial charge in [0.1, 0.15) is 5.39 Å². The summed E-state index contributed by atoms with van der Waals surface area (Å²) in [5, 5.41) is 7.96. The molecule has 2 N–H and O–H groups in total. The van der Waals surface area contributed by atoms with Crippen molar-refractivity contribution < 1.29 is 4.79 Å². The van der Waals surface area contributed by atoms with Crippen molar-refractivity contribution in [3.8, 4) is 5.69 Å². The van der Waals surface area contributed by atoms with Crippen LogP contribution in [0.2, 0.25) is 0 Å². The molecule has 0 spiro atoms. The molecule has 0 saturated heterocycles. The molecule has 0 radical (unpaired) electrons. The lowest BCUT2D eigenvalue weighted by Gasteiger charge is -2.10. The fourth-order valence-corrected chi connectivity index (χ4v) is 2.94. The summed E-state index contributed by atoms with van der Waals surface area (Å²) in [5.74, 6) is 0.108. The minimum absolute atomic E-state index is 0.0846. The standard InChI is InChI=1S/C17H19N5O2S/c1-3-11(2)19-14(23)10-25-17-20-15-13(16(24)21-17)9-18-22(15)12-7-5-4-6-8-12/h4-9,11H,3,10H2,1-2H3,(H,19,23)(H,20,21,24)/t11-/m1/s1. The predicted octanol–water partition coefficient (Wildman–Crippen LogP) is 2.12. The van der Waals surface area contributed by atoms with Crippen molar-refractivity contribution in [2.75, 3.05) is 5.75 Å². The van der Waals surface area contributed by atoms with Gasteiger partial charge in [-0.05, 0) is 25.5 Å². The van der Waals surface area contributed by atoms with Crippen molar-refractivity contribution in [1.29, 1.82) is 0 Å². The number of fused-ring (bicyclic) bond motifs is 1. The van der Waals surface area contributed by atoms with Crippen molar-refractivity contribution in [1.82, 2.24) is 25.1 Å². The molecular formula is C17H19N5O2S. The average molecular weight is 357 g/mol. The van der Waals surface area contributed by atoms with E-state index in [9.17, 15) is 9.59 Å². The van der Waals surface area contributed by atoms with Crippen LogP contribution < -0.4 is 10.9 Å². The van der Waals surface area contributed by atoms with Gasteiger partial charge in [-0.3, -0.25) is 9.59 Å². The third-order valence-electron chi connectivity index (χ3n) is 3.78. The van der Waals surface area contributed by atoms with E-state index in [2.05, 4.69) is 20.4 Å². The molecule has 1 aromatic carbocycles. The number of amides is 1. The molecule has 25 heavy (non-hydrogen) atoms. The Morgan fingerprint density at radius 2 is 2.12 bits per heavy atom. The van der Waals surface area contributed by atoms with Gasteiger partial charge in [0, 0.05) is 6.04 Å². The molecule has 0 saturated carbocycles. The highest BCUT2D eigenvalue weighted by molar-refractivity contribution is 7.99. The lowest BCUT2D eigenvalue weighted by Crippen LogP contribution is -2.33. The van der Waals surface area contributed by atoms with E-state index in [4.69, 9.17) is 0 Å². The highest BCUT2D eigenvalue weighted by atomic mass is 32.2. The fourth-order valence-electron chi connectivity index (χ4n) is 2.28. The summed E-state index contributed by atoms with van der Waals surface area (Å²) in [5.41, 5.74) is 1.03. The first-order valence-electron chi connectivity index (χ1n) is 8.04. The number of carbonyl (C=O) groups excluding carboxylic acids is 1. The Kier molecular flexibility index (Phi) is 5.18. The van der Waals surface area contributed by atoms with Gasteiger partial charge in [-0.15, -0.1) is 0 Å². The summed E-state index contributed by atoms with van der Waals surface area (Å²) >= 11 is 1.20. The van der Waals surface area contributed by atoms with Gasteiger partial charge in [-0.25, -0.2) is 9.67 Å². The molecule has 0 unspecified atom stereocenters. The van der Waals surface area contributed by atoms with E-state index < -0.39 is 0 Å². The highest BCUT2D eigenvalue weighted by Crippen LogP contribution is 2.17. The van der Waals surface area contributed by atoms with Crippen molar-refractivity contribution in [2.24, 2.45) is 0 Å². The Bertz CT molecular complexity index is 935. The zero-order valence-corrected chi connectivity index (χ0v) is 14.8. The highest BCUT2D eigenvalue weighted by Gasteiger charge is 2.13. The molecule has 1 atom stereocenters. The van der Waals surface area contributed by atoms with Crippen LogP contribution >= 0.6 is 11.8 Å². The monoisotopic (exact) mass is 357 g/mol. The van der Waals surface area contributed by atoms with Crippen LogP contribution in [0.1, 0.15) is 20.3 Å². The van der Waals surface area contributed by atoms with Crippen molar-refractivity contribution in [3.05, 3.63) is 46.9 Å². The molecule has 2 heterocycles. The van der Waals surface area contributed by atoms with Crippen LogP contribution in [0, 0.1) is 0 Å². The number of hydrogen-bond donors (Lipinski definition) is 2. The van der Waals surface area contributed by atoms with Gasteiger partial charge in [0.15, 0.2) is 10.8 Å². The normalized spacial score (nSPS) is 12.2. The number of rotatable bonds is 6. The molecule has 0 aliphatic carbocycles. The van der Waals surface area contributed by atoms with Crippen molar-refractivity contribution >= 4 is 28.7 Å². The number of thioether (sulfide) groups is 1. The van der Waals surface area contributed by atoms with Crippen LogP contribution in [0.25, 0.3) is 16.7 Å². The Morgan fingerprint density at radius 1 is 1.36 bits per heavy atom. The number of para-hydroxylation sites is 1. The summed E-state index contributed by atoms with van der Waals surface area (Å²) in [6, 6.07) is 9.60. The number of benzene rings is 1. The van der Waals surface area contributed by atoms with Crippen LogP contribution in [0.4, 0.5) is 0 Å². The summed E-state index contributed by atoms with van der Waals surface area (Å²) in [4.78, 5) is 31.3. The first-order chi connectivity index (χ1) is 12.1. The van der Waals surface area contributed by atoms with Crippen LogP contribution in [0.3, 0.4) is 0 Å². The number of nitrogens with zero attached hydrogens (tertiary/aromatic N) is 3. The Balaban J connectivity index is 1.86. The van der Waals surface area contributed by atoms with Gasteiger partial charge >= 0.3 is 0 Å². The maximum absolute atomic E-state index is 12.3. The van der Waals surface area contributed by atoms with Gasteiger partial charge in [-0.2, -0.15) is 5.10 Å². The molecule has 0 bridgehead atoms. The topological polar surface area (TPSA) is 92.7 Å². The SMILES string of the molecule is CC[C@@H](C)NC(=O)CSc1nc2c(cnn2-c2ccccc2)c(=O)[nH]1. The lowest BCUT2D eigenvalue weighted by molar-refractivity contribution is -0.119. The molecule has 0 aliphatic rings. The zero-order valence-electron chi connectivity index (χ0n) is 14.0. The Morgan fingerprint density at radius 3 is 2.84 bits per heavy atom. The molecule has 3 aromatic rings. The number of aromatic nitrogens is 4. The van der Waals surface area contributed by atoms with Gasteiger partial charge in [-0.1, -0.05) is 36.9 Å². The first kappa shape index (κ1) is 17.2. The third kappa shape index (κ3) is 3.90. The maximum Gasteiger partial charge on any atom is 0.262 e. The fraction of sp³-hybridized carbons (Fsp3) is 0.294. The van der Waals surface area contributed by atoms with E-state index in [0.29, 0.717) is 16.2 Å². The molecule has 1 amide bonds. The van der Waals surface area contributed by atoms with Gasteiger partial charge in [0.05, 0.1) is 17.6 Å². The molecule has 130 valence electrons.